The highest BCUT2D eigenvalue weighted by Gasteiger charge is 2.24. The van der Waals surface area contributed by atoms with Gasteiger partial charge >= 0.3 is 0 Å². The third kappa shape index (κ3) is 3.58. The van der Waals surface area contributed by atoms with E-state index in [1.807, 2.05) is 0 Å². The zero-order valence-corrected chi connectivity index (χ0v) is 11.8. The van der Waals surface area contributed by atoms with Gasteiger partial charge in [-0.15, -0.1) is 0 Å². The maximum atomic E-state index is 13.6. The monoisotopic (exact) mass is 297 g/mol. The van der Waals surface area contributed by atoms with Crippen molar-refractivity contribution in [1.82, 2.24) is 4.90 Å². The van der Waals surface area contributed by atoms with Gasteiger partial charge < -0.3 is 10.0 Å². The predicted octanol–water partition coefficient (Wildman–Crippen LogP) is 2.72. The van der Waals surface area contributed by atoms with Crippen molar-refractivity contribution in [3.8, 4) is 0 Å². The highest BCUT2D eigenvalue weighted by molar-refractivity contribution is 6.32. The summed E-state index contributed by atoms with van der Waals surface area (Å²) in [6.45, 7) is 1.47. The Morgan fingerprint density at radius 1 is 1.55 bits per heavy atom. The quantitative estimate of drug-likeness (QED) is 0.868. The molecule has 0 saturated carbocycles. The van der Waals surface area contributed by atoms with Crippen LogP contribution >= 0.6 is 11.6 Å². The van der Waals surface area contributed by atoms with Gasteiger partial charge in [0.2, 0.25) is 5.91 Å². The summed E-state index contributed by atoms with van der Waals surface area (Å²) < 4.78 is 13.6. The minimum absolute atomic E-state index is 0.146. The van der Waals surface area contributed by atoms with Crippen molar-refractivity contribution in [3.63, 3.8) is 0 Å². The molecule has 1 unspecified atom stereocenters. The van der Waals surface area contributed by atoms with Crippen LogP contribution in [0.4, 0.5) is 4.39 Å². The molecule has 3 nitrogen and oxygen atoms in total. The molecule has 1 aromatic carbocycles. The molecule has 2 rings (SSSR count). The van der Waals surface area contributed by atoms with Crippen LogP contribution in [0, 0.1) is 11.7 Å². The van der Waals surface area contributed by atoms with Gasteiger partial charge in [0.15, 0.2) is 0 Å². The van der Waals surface area contributed by atoms with Crippen molar-refractivity contribution in [3.05, 3.63) is 40.7 Å². The summed E-state index contributed by atoms with van der Waals surface area (Å²) in [5, 5.41) is 9.18. The van der Waals surface area contributed by atoms with Gasteiger partial charge in [0.1, 0.15) is 5.82 Å². The lowest BCUT2D eigenvalue weighted by atomic mass is 10.1. The maximum Gasteiger partial charge on any atom is 0.246 e. The Morgan fingerprint density at radius 3 is 3.05 bits per heavy atom. The van der Waals surface area contributed by atoms with E-state index in [-0.39, 0.29) is 23.1 Å². The van der Waals surface area contributed by atoms with E-state index in [0.717, 1.165) is 6.42 Å². The summed E-state index contributed by atoms with van der Waals surface area (Å²) in [7, 11) is 0. The number of halogens is 2. The minimum Gasteiger partial charge on any atom is -0.396 e. The molecule has 0 aliphatic carbocycles. The van der Waals surface area contributed by atoms with E-state index >= 15 is 0 Å². The predicted molar refractivity (Wildman–Crippen MR) is 76.8 cm³/mol. The zero-order chi connectivity index (χ0) is 14.5. The largest absolute Gasteiger partial charge is 0.396 e. The van der Waals surface area contributed by atoms with E-state index in [1.54, 1.807) is 11.0 Å². The number of amides is 1. The Hall–Kier alpha value is -1.39. The zero-order valence-electron chi connectivity index (χ0n) is 11.1. The number of aliphatic hydroxyl groups excluding tert-OH is 1. The van der Waals surface area contributed by atoms with E-state index in [9.17, 15) is 9.18 Å². The number of carbonyl (C=O) groups excluding carboxylic acids is 1. The summed E-state index contributed by atoms with van der Waals surface area (Å²) in [6.07, 6.45) is 4.39. The van der Waals surface area contributed by atoms with Crippen molar-refractivity contribution < 1.29 is 14.3 Å². The van der Waals surface area contributed by atoms with Gasteiger partial charge in [-0.2, -0.15) is 0 Å². The average Bonchev–Trinajstić information content (AvgIpc) is 2.87. The molecule has 20 heavy (non-hydrogen) atoms. The van der Waals surface area contributed by atoms with E-state index < -0.39 is 5.82 Å². The number of aliphatic hydroxyl groups is 1. The number of hydrogen-bond acceptors (Lipinski definition) is 2. The highest BCUT2D eigenvalue weighted by Crippen LogP contribution is 2.22. The molecule has 1 aliphatic rings. The lowest BCUT2D eigenvalue weighted by molar-refractivity contribution is -0.125. The van der Waals surface area contributed by atoms with E-state index in [2.05, 4.69) is 0 Å². The normalized spacial score (nSPS) is 18.9. The van der Waals surface area contributed by atoms with Gasteiger partial charge in [-0.05, 0) is 37.0 Å². The summed E-state index contributed by atoms with van der Waals surface area (Å²) in [5.74, 6) is -0.236. The van der Waals surface area contributed by atoms with Gasteiger partial charge in [-0.1, -0.05) is 17.7 Å². The lowest BCUT2D eigenvalue weighted by Crippen LogP contribution is -2.26. The second-order valence-electron chi connectivity index (χ2n) is 4.92. The van der Waals surface area contributed by atoms with Crippen LogP contribution in [0.25, 0.3) is 6.08 Å². The Labute approximate surface area is 122 Å². The van der Waals surface area contributed by atoms with Gasteiger partial charge in [0, 0.05) is 31.3 Å². The van der Waals surface area contributed by atoms with Crippen molar-refractivity contribution in [2.24, 2.45) is 5.92 Å². The maximum absolute atomic E-state index is 13.6. The van der Waals surface area contributed by atoms with Crippen molar-refractivity contribution in [1.29, 1.82) is 0 Å². The molecule has 0 radical (unpaired) electrons. The fourth-order valence-electron chi connectivity index (χ4n) is 2.38. The second-order valence-corrected chi connectivity index (χ2v) is 5.33. The smallest absolute Gasteiger partial charge is 0.246 e. The van der Waals surface area contributed by atoms with E-state index in [1.165, 1.54) is 24.3 Å². The van der Waals surface area contributed by atoms with E-state index in [0.29, 0.717) is 25.4 Å². The molecule has 1 fully saturated rings. The Morgan fingerprint density at radius 2 is 2.35 bits per heavy atom. The van der Waals surface area contributed by atoms with Crippen LogP contribution in [-0.4, -0.2) is 35.6 Å². The SMILES string of the molecule is O=C(/C=C/c1c(F)cccc1Cl)N1CCC(CCO)C1. The first kappa shape index (κ1) is 15.0. The van der Waals surface area contributed by atoms with Crippen LogP contribution in [-0.2, 0) is 4.79 Å². The Bertz CT molecular complexity index is 498. The van der Waals surface area contributed by atoms with E-state index in [4.69, 9.17) is 16.7 Å². The molecule has 1 saturated heterocycles. The molecule has 0 bridgehead atoms. The van der Waals surface area contributed by atoms with Crippen molar-refractivity contribution in [2.45, 2.75) is 12.8 Å². The van der Waals surface area contributed by atoms with Gasteiger partial charge in [-0.3, -0.25) is 4.79 Å². The topological polar surface area (TPSA) is 40.5 Å². The fourth-order valence-corrected chi connectivity index (χ4v) is 2.61. The molecule has 0 spiro atoms. The molecular formula is C15H17ClFNO2. The minimum atomic E-state index is -0.443. The molecule has 108 valence electrons. The summed E-state index contributed by atoms with van der Waals surface area (Å²) in [4.78, 5) is 13.7. The standard InChI is InChI=1S/C15H17ClFNO2/c16-13-2-1-3-14(17)12(13)4-5-15(20)18-8-6-11(10-18)7-9-19/h1-5,11,19H,6-10H2/b5-4+. The van der Waals surface area contributed by atoms with Crippen LogP contribution in [0.3, 0.4) is 0 Å². The van der Waals surface area contributed by atoms with Gasteiger partial charge in [0.25, 0.3) is 0 Å². The highest BCUT2D eigenvalue weighted by atomic mass is 35.5. The molecule has 5 heteroatoms. The first-order valence-electron chi connectivity index (χ1n) is 6.63. The van der Waals surface area contributed by atoms with Crippen LogP contribution < -0.4 is 0 Å². The number of hydrogen-bond donors (Lipinski definition) is 1. The number of likely N-dealkylation sites (tertiary alicyclic amines) is 1. The third-order valence-electron chi connectivity index (χ3n) is 3.53. The molecule has 1 aliphatic heterocycles. The molecule has 1 aromatic rings. The number of benzene rings is 1. The molecule has 1 atom stereocenters. The molecule has 1 N–H and O–H groups in total. The van der Waals surface area contributed by atoms with Crippen molar-refractivity contribution in [2.75, 3.05) is 19.7 Å². The first-order valence-corrected chi connectivity index (χ1v) is 7.01. The number of carbonyl (C=O) groups is 1. The lowest BCUT2D eigenvalue weighted by Gasteiger charge is -2.14. The summed E-state index contributed by atoms with van der Waals surface area (Å²) in [6, 6.07) is 4.42. The molecule has 1 amide bonds. The summed E-state index contributed by atoms with van der Waals surface area (Å²) in [5.41, 5.74) is 0.230. The third-order valence-corrected chi connectivity index (χ3v) is 3.86. The summed E-state index contributed by atoms with van der Waals surface area (Å²) >= 11 is 5.89. The second kappa shape index (κ2) is 6.86. The van der Waals surface area contributed by atoms with Crippen molar-refractivity contribution >= 4 is 23.6 Å². The average molecular weight is 298 g/mol. The Kier molecular flexibility index (Phi) is 5.15. The van der Waals surface area contributed by atoms with Crippen LogP contribution in [0.15, 0.2) is 24.3 Å². The Balaban J connectivity index is 2.00. The first-order chi connectivity index (χ1) is 9.61. The molecular weight excluding hydrogens is 281 g/mol. The number of rotatable bonds is 4. The van der Waals surface area contributed by atoms with Crippen LogP contribution in [0.1, 0.15) is 18.4 Å². The number of nitrogens with zero attached hydrogens (tertiary/aromatic N) is 1. The molecule has 1 heterocycles. The van der Waals surface area contributed by atoms with Gasteiger partial charge in [-0.25, -0.2) is 4.39 Å². The molecule has 0 aromatic heterocycles. The van der Waals surface area contributed by atoms with Crippen LogP contribution in [0.2, 0.25) is 5.02 Å². The fraction of sp³-hybridized carbons (Fsp3) is 0.400. The van der Waals surface area contributed by atoms with Crippen LogP contribution in [0.5, 0.6) is 0 Å². The van der Waals surface area contributed by atoms with Gasteiger partial charge in [0.05, 0.1) is 5.02 Å².